The standard InChI is InChI=1S/C14H21ClS/c1-10-9-12(11(2)16-10)13(15)14(3)7-5-4-6-8-14/h9,13H,4-8H2,1-3H3. The maximum Gasteiger partial charge on any atom is 0.0649 e. The highest BCUT2D eigenvalue weighted by Gasteiger charge is 2.36. The second-order valence-electron chi connectivity index (χ2n) is 5.45. The predicted molar refractivity (Wildman–Crippen MR) is 73.6 cm³/mol. The van der Waals surface area contributed by atoms with Gasteiger partial charge in [0.05, 0.1) is 5.38 Å². The van der Waals surface area contributed by atoms with Crippen molar-refractivity contribution in [2.75, 3.05) is 0 Å². The van der Waals surface area contributed by atoms with Crippen molar-refractivity contribution >= 4 is 22.9 Å². The van der Waals surface area contributed by atoms with Crippen molar-refractivity contribution in [2.24, 2.45) is 5.41 Å². The van der Waals surface area contributed by atoms with Gasteiger partial charge in [-0.25, -0.2) is 0 Å². The first-order valence-corrected chi connectivity index (χ1v) is 7.49. The molecule has 0 nitrogen and oxygen atoms in total. The summed E-state index contributed by atoms with van der Waals surface area (Å²) in [6.07, 6.45) is 6.66. The fraction of sp³-hybridized carbons (Fsp3) is 0.714. The second kappa shape index (κ2) is 4.70. The summed E-state index contributed by atoms with van der Waals surface area (Å²) in [5.41, 5.74) is 1.70. The number of halogens is 1. The first-order valence-electron chi connectivity index (χ1n) is 6.24. The van der Waals surface area contributed by atoms with Crippen LogP contribution < -0.4 is 0 Å². The Balaban J connectivity index is 2.23. The van der Waals surface area contributed by atoms with Crippen LogP contribution in [0.1, 0.15) is 59.7 Å². The first-order chi connectivity index (χ1) is 7.53. The minimum absolute atomic E-state index is 0.206. The molecule has 2 rings (SSSR count). The highest BCUT2D eigenvalue weighted by atomic mass is 35.5. The summed E-state index contributed by atoms with van der Waals surface area (Å²) in [6.45, 7) is 6.75. The highest BCUT2D eigenvalue weighted by molar-refractivity contribution is 7.12. The molecule has 16 heavy (non-hydrogen) atoms. The molecule has 1 heterocycles. The summed E-state index contributed by atoms with van der Waals surface area (Å²) in [5, 5.41) is 0.206. The number of hydrogen-bond donors (Lipinski definition) is 0. The summed E-state index contributed by atoms with van der Waals surface area (Å²) in [5.74, 6) is 0. The molecule has 1 aromatic heterocycles. The van der Waals surface area contributed by atoms with E-state index in [4.69, 9.17) is 11.6 Å². The zero-order chi connectivity index (χ0) is 11.8. The predicted octanol–water partition coefficient (Wildman–Crippen LogP) is 5.62. The quantitative estimate of drug-likeness (QED) is 0.603. The molecule has 0 aromatic carbocycles. The summed E-state index contributed by atoms with van der Waals surface area (Å²) >= 11 is 8.63. The average Bonchev–Trinajstić information content (AvgIpc) is 2.58. The van der Waals surface area contributed by atoms with Crippen molar-refractivity contribution in [3.8, 4) is 0 Å². The summed E-state index contributed by atoms with van der Waals surface area (Å²) in [6, 6.07) is 2.29. The van der Waals surface area contributed by atoms with E-state index in [1.807, 2.05) is 11.3 Å². The Morgan fingerprint density at radius 3 is 2.38 bits per heavy atom. The van der Waals surface area contributed by atoms with Crippen molar-refractivity contribution in [1.29, 1.82) is 0 Å². The van der Waals surface area contributed by atoms with E-state index in [2.05, 4.69) is 26.8 Å². The van der Waals surface area contributed by atoms with Crippen LogP contribution >= 0.6 is 22.9 Å². The molecule has 90 valence electrons. The fourth-order valence-corrected chi connectivity index (χ4v) is 4.36. The second-order valence-corrected chi connectivity index (χ2v) is 7.34. The molecule has 1 aliphatic carbocycles. The third kappa shape index (κ3) is 2.31. The molecule has 2 heteroatoms. The molecule has 0 saturated heterocycles. The van der Waals surface area contributed by atoms with Gasteiger partial charge in [0.15, 0.2) is 0 Å². The topological polar surface area (TPSA) is 0 Å². The Hall–Kier alpha value is -0.0100. The molecule has 0 amide bonds. The van der Waals surface area contributed by atoms with Crippen molar-refractivity contribution < 1.29 is 0 Å². The molecule has 1 fully saturated rings. The number of alkyl halides is 1. The molecule has 1 saturated carbocycles. The molecule has 0 radical (unpaired) electrons. The van der Waals surface area contributed by atoms with Crippen LogP contribution in [0.25, 0.3) is 0 Å². The SMILES string of the molecule is Cc1cc(C(Cl)C2(C)CCCCC2)c(C)s1. The molecule has 1 aromatic rings. The van der Waals surface area contributed by atoms with Crippen LogP contribution in [0, 0.1) is 19.3 Å². The highest BCUT2D eigenvalue weighted by Crippen LogP contribution is 2.50. The summed E-state index contributed by atoms with van der Waals surface area (Å²) in [7, 11) is 0. The van der Waals surface area contributed by atoms with Crippen molar-refractivity contribution in [1.82, 2.24) is 0 Å². The number of aryl methyl sites for hydroxylation is 2. The van der Waals surface area contributed by atoms with Crippen LogP contribution in [0.5, 0.6) is 0 Å². The van der Waals surface area contributed by atoms with Gasteiger partial charge in [-0.15, -0.1) is 22.9 Å². The van der Waals surface area contributed by atoms with Crippen LogP contribution in [-0.2, 0) is 0 Å². The molecule has 1 atom stereocenters. The maximum atomic E-state index is 6.75. The third-order valence-corrected chi connectivity index (χ3v) is 5.70. The zero-order valence-electron chi connectivity index (χ0n) is 10.5. The molecular formula is C14H21ClS. The van der Waals surface area contributed by atoms with Gasteiger partial charge < -0.3 is 0 Å². The molecule has 0 N–H and O–H groups in total. The van der Waals surface area contributed by atoms with Gasteiger partial charge in [-0.3, -0.25) is 0 Å². The Kier molecular flexibility index (Phi) is 3.65. The molecule has 1 aliphatic rings. The van der Waals surface area contributed by atoms with E-state index < -0.39 is 0 Å². The van der Waals surface area contributed by atoms with Crippen LogP contribution in [0.15, 0.2) is 6.07 Å². The van der Waals surface area contributed by atoms with Gasteiger partial charge in [0.25, 0.3) is 0 Å². The van der Waals surface area contributed by atoms with Crippen molar-refractivity contribution in [3.63, 3.8) is 0 Å². The smallest absolute Gasteiger partial charge is 0.0649 e. The van der Waals surface area contributed by atoms with Crippen LogP contribution in [0.3, 0.4) is 0 Å². The minimum Gasteiger partial charge on any atom is -0.146 e. The number of rotatable bonds is 2. The van der Waals surface area contributed by atoms with Gasteiger partial charge in [0.2, 0.25) is 0 Å². The third-order valence-electron chi connectivity index (χ3n) is 3.96. The maximum absolute atomic E-state index is 6.75. The monoisotopic (exact) mass is 256 g/mol. The van der Waals surface area contributed by atoms with Crippen LogP contribution in [-0.4, -0.2) is 0 Å². The molecule has 0 bridgehead atoms. The first kappa shape index (κ1) is 12.4. The van der Waals surface area contributed by atoms with Gasteiger partial charge in [-0.1, -0.05) is 26.2 Å². The van der Waals surface area contributed by atoms with Crippen molar-refractivity contribution in [3.05, 3.63) is 21.4 Å². The van der Waals surface area contributed by atoms with E-state index in [0.29, 0.717) is 5.41 Å². The van der Waals surface area contributed by atoms with Crippen LogP contribution in [0.2, 0.25) is 0 Å². The molecular weight excluding hydrogens is 236 g/mol. The molecule has 0 spiro atoms. The van der Waals surface area contributed by atoms with E-state index in [0.717, 1.165) is 0 Å². The van der Waals surface area contributed by atoms with E-state index in [1.54, 1.807) is 0 Å². The van der Waals surface area contributed by atoms with Gasteiger partial charge in [-0.2, -0.15) is 0 Å². The molecule has 1 unspecified atom stereocenters. The van der Waals surface area contributed by atoms with E-state index in [-0.39, 0.29) is 5.38 Å². The largest absolute Gasteiger partial charge is 0.146 e. The Labute approximate surface area is 108 Å². The minimum atomic E-state index is 0.206. The Morgan fingerprint density at radius 1 is 1.25 bits per heavy atom. The Bertz CT molecular complexity index is 361. The van der Waals surface area contributed by atoms with Gasteiger partial charge in [-0.05, 0) is 43.7 Å². The van der Waals surface area contributed by atoms with E-state index >= 15 is 0 Å². The Morgan fingerprint density at radius 2 is 1.88 bits per heavy atom. The van der Waals surface area contributed by atoms with Crippen LogP contribution in [0.4, 0.5) is 0 Å². The zero-order valence-corrected chi connectivity index (χ0v) is 12.0. The normalized spacial score (nSPS) is 22.0. The van der Waals surface area contributed by atoms with Gasteiger partial charge in [0.1, 0.15) is 0 Å². The lowest BCUT2D eigenvalue weighted by Crippen LogP contribution is -2.25. The average molecular weight is 257 g/mol. The molecule has 0 aliphatic heterocycles. The fourth-order valence-electron chi connectivity index (χ4n) is 2.89. The summed E-state index contributed by atoms with van der Waals surface area (Å²) < 4.78 is 0. The van der Waals surface area contributed by atoms with Gasteiger partial charge >= 0.3 is 0 Å². The number of thiophene rings is 1. The lowest BCUT2D eigenvalue weighted by molar-refractivity contribution is 0.206. The number of hydrogen-bond acceptors (Lipinski definition) is 1. The van der Waals surface area contributed by atoms with Gasteiger partial charge in [0, 0.05) is 9.75 Å². The van der Waals surface area contributed by atoms with E-state index in [1.165, 1.54) is 47.4 Å². The van der Waals surface area contributed by atoms with E-state index in [9.17, 15) is 0 Å². The lowest BCUT2D eigenvalue weighted by Gasteiger charge is -2.37. The lowest BCUT2D eigenvalue weighted by atomic mass is 9.71. The van der Waals surface area contributed by atoms with Crippen molar-refractivity contribution in [2.45, 2.75) is 58.3 Å². The summed E-state index contributed by atoms with van der Waals surface area (Å²) in [4.78, 5) is 2.79.